The molecule has 1 aromatic carbocycles. The van der Waals surface area contributed by atoms with Crippen LogP contribution in [0.25, 0.3) is 17.1 Å². The molecule has 0 spiro atoms. The van der Waals surface area contributed by atoms with Crippen LogP contribution in [0.1, 0.15) is 43.2 Å². The predicted octanol–water partition coefficient (Wildman–Crippen LogP) is 4.38. The van der Waals surface area contributed by atoms with E-state index in [1.165, 1.54) is 22.9 Å². The van der Waals surface area contributed by atoms with Crippen molar-refractivity contribution in [1.29, 1.82) is 5.26 Å². The van der Waals surface area contributed by atoms with Gasteiger partial charge in [-0.2, -0.15) is 5.26 Å². The highest BCUT2D eigenvalue weighted by atomic mass is 32.2. The maximum Gasteiger partial charge on any atom is 0.231 e. The fourth-order valence-corrected chi connectivity index (χ4v) is 4.75. The van der Waals surface area contributed by atoms with E-state index >= 15 is 0 Å². The van der Waals surface area contributed by atoms with E-state index in [2.05, 4.69) is 52.5 Å². The molecule has 2 aromatic heterocycles. The van der Waals surface area contributed by atoms with Crippen LogP contribution in [0.4, 0.5) is 0 Å². The van der Waals surface area contributed by atoms with Crippen molar-refractivity contribution in [2.75, 3.05) is 5.75 Å². The van der Waals surface area contributed by atoms with Gasteiger partial charge < -0.3 is 5.32 Å². The second-order valence-corrected chi connectivity index (χ2v) is 9.18. The Bertz CT molecular complexity index is 1150. The minimum Gasteiger partial charge on any atom is -0.337 e. The highest BCUT2D eigenvalue weighted by molar-refractivity contribution is 7.99. The van der Waals surface area contributed by atoms with Crippen molar-refractivity contribution in [3.63, 3.8) is 0 Å². The number of nitrogens with zero attached hydrogens (tertiary/aromatic N) is 5. The van der Waals surface area contributed by atoms with Crippen molar-refractivity contribution < 1.29 is 4.79 Å². The summed E-state index contributed by atoms with van der Waals surface area (Å²) in [5.41, 5.74) is 3.47. The normalized spacial score (nSPS) is 15.2. The van der Waals surface area contributed by atoms with Crippen molar-refractivity contribution >= 4 is 17.7 Å². The summed E-state index contributed by atoms with van der Waals surface area (Å²) in [6, 6.07) is 12.3. The molecule has 7 nitrogen and oxygen atoms in total. The number of nitriles is 1. The lowest BCUT2D eigenvalue weighted by atomic mass is 9.83. The summed E-state index contributed by atoms with van der Waals surface area (Å²) in [5.74, 6) is 0.709. The number of hydrogen-bond donors (Lipinski definition) is 1. The van der Waals surface area contributed by atoms with Crippen molar-refractivity contribution in [3.8, 4) is 23.1 Å². The second-order valence-electron chi connectivity index (χ2n) is 8.24. The SMILES string of the molecule is Cc1ccc(-n2c(SCC(=O)NC3(C#N)CCCCC3)nnc2-c2ccncc2)cc1C. The number of benzene rings is 1. The number of aryl methyl sites for hydroxylation is 2. The van der Waals surface area contributed by atoms with E-state index in [4.69, 9.17) is 0 Å². The molecular weight excluding hydrogens is 420 g/mol. The summed E-state index contributed by atoms with van der Waals surface area (Å²) >= 11 is 1.33. The zero-order valence-corrected chi connectivity index (χ0v) is 19.2. The number of amides is 1. The fraction of sp³-hybridized carbons (Fsp3) is 0.375. The molecule has 0 unspecified atom stereocenters. The van der Waals surface area contributed by atoms with Gasteiger partial charge in [0.05, 0.1) is 17.5 Å². The van der Waals surface area contributed by atoms with Gasteiger partial charge in [-0.05, 0) is 62.1 Å². The molecule has 8 heteroatoms. The number of rotatable bonds is 6. The maximum atomic E-state index is 12.7. The first kappa shape index (κ1) is 22.0. The molecule has 1 saturated carbocycles. The first-order valence-corrected chi connectivity index (χ1v) is 11.8. The van der Waals surface area contributed by atoms with Gasteiger partial charge in [-0.15, -0.1) is 10.2 Å². The van der Waals surface area contributed by atoms with Crippen molar-refractivity contribution in [1.82, 2.24) is 25.1 Å². The highest BCUT2D eigenvalue weighted by Gasteiger charge is 2.33. The Hall–Kier alpha value is -3.18. The van der Waals surface area contributed by atoms with Crippen LogP contribution in [-0.2, 0) is 4.79 Å². The van der Waals surface area contributed by atoms with Crippen molar-refractivity contribution in [2.24, 2.45) is 0 Å². The third kappa shape index (κ3) is 4.68. The minimum atomic E-state index is -0.736. The smallest absolute Gasteiger partial charge is 0.231 e. The molecule has 0 atom stereocenters. The van der Waals surface area contributed by atoms with Gasteiger partial charge in [-0.1, -0.05) is 37.1 Å². The Morgan fingerprint density at radius 3 is 2.56 bits per heavy atom. The fourth-order valence-electron chi connectivity index (χ4n) is 4.00. The molecule has 164 valence electrons. The number of carbonyl (C=O) groups is 1. The third-order valence-corrected chi connectivity index (χ3v) is 6.88. The maximum absolute atomic E-state index is 12.7. The number of nitrogens with one attached hydrogen (secondary N) is 1. The molecule has 3 aromatic rings. The van der Waals surface area contributed by atoms with Gasteiger partial charge in [0.25, 0.3) is 0 Å². The Kier molecular flexibility index (Phi) is 6.56. The minimum absolute atomic E-state index is 0.154. The second kappa shape index (κ2) is 9.53. The van der Waals surface area contributed by atoms with Gasteiger partial charge in [0.2, 0.25) is 5.91 Å². The summed E-state index contributed by atoms with van der Waals surface area (Å²) in [5, 5.41) is 22.1. The van der Waals surface area contributed by atoms with Gasteiger partial charge in [0.15, 0.2) is 11.0 Å². The van der Waals surface area contributed by atoms with E-state index in [1.807, 2.05) is 22.8 Å². The molecule has 0 saturated heterocycles. The summed E-state index contributed by atoms with van der Waals surface area (Å²) in [6.45, 7) is 4.15. The molecule has 0 bridgehead atoms. The first-order chi connectivity index (χ1) is 15.5. The van der Waals surface area contributed by atoms with Crippen LogP contribution in [0.2, 0.25) is 0 Å². The molecule has 1 amide bonds. The summed E-state index contributed by atoms with van der Waals surface area (Å²) in [6.07, 6.45) is 7.93. The largest absolute Gasteiger partial charge is 0.337 e. The predicted molar refractivity (Wildman–Crippen MR) is 124 cm³/mol. The Labute approximate surface area is 192 Å². The zero-order chi connectivity index (χ0) is 22.6. The van der Waals surface area contributed by atoms with Gasteiger partial charge >= 0.3 is 0 Å². The molecule has 4 rings (SSSR count). The molecule has 0 aliphatic heterocycles. The Balaban J connectivity index is 1.60. The molecule has 1 aliphatic rings. The number of carbonyl (C=O) groups excluding carboxylic acids is 1. The Morgan fingerprint density at radius 2 is 1.88 bits per heavy atom. The van der Waals surface area contributed by atoms with E-state index in [0.29, 0.717) is 23.8 Å². The molecule has 1 fully saturated rings. The summed E-state index contributed by atoms with van der Waals surface area (Å²) in [4.78, 5) is 16.8. The molecule has 0 radical (unpaired) electrons. The van der Waals surface area contributed by atoms with Crippen LogP contribution in [-0.4, -0.2) is 36.9 Å². The average Bonchev–Trinajstić information content (AvgIpc) is 3.25. The van der Waals surface area contributed by atoms with Crippen LogP contribution in [0, 0.1) is 25.2 Å². The third-order valence-electron chi connectivity index (χ3n) is 5.95. The van der Waals surface area contributed by atoms with E-state index in [9.17, 15) is 10.1 Å². The van der Waals surface area contributed by atoms with Gasteiger partial charge in [-0.3, -0.25) is 14.3 Å². The van der Waals surface area contributed by atoms with E-state index in [0.717, 1.165) is 30.5 Å². The van der Waals surface area contributed by atoms with E-state index in [1.54, 1.807) is 12.4 Å². The van der Waals surface area contributed by atoms with E-state index < -0.39 is 5.54 Å². The van der Waals surface area contributed by atoms with Crippen LogP contribution >= 0.6 is 11.8 Å². The molecule has 2 heterocycles. The lowest BCUT2D eigenvalue weighted by Gasteiger charge is -2.31. The number of aromatic nitrogens is 4. The first-order valence-electron chi connectivity index (χ1n) is 10.8. The van der Waals surface area contributed by atoms with Gasteiger partial charge in [-0.25, -0.2) is 0 Å². The van der Waals surface area contributed by atoms with Crippen LogP contribution in [0.5, 0.6) is 0 Å². The van der Waals surface area contributed by atoms with Crippen LogP contribution in [0.3, 0.4) is 0 Å². The quantitative estimate of drug-likeness (QED) is 0.565. The highest BCUT2D eigenvalue weighted by Crippen LogP contribution is 2.30. The molecule has 1 aliphatic carbocycles. The number of hydrogen-bond acceptors (Lipinski definition) is 6. The number of thioether (sulfide) groups is 1. The lowest BCUT2D eigenvalue weighted by Crippen LogP contribution is -2.49. The topological polar surface area (TPSA) is 96.5 Å². The number of pyridine rings is 1. The van der Waals surface area contributed by atoms with Crippen molar-refractivity contribution in [2.45, 2.75) is 56.6 Å². The Morgan fingerprint density at radius 1 is 1.12 bits per heavy atom. The van der Waals surface area contributed by atoms with Crippen LogP contribution < -0.4 is 5.32 Å². The van der Waals surface area contributed by atoms with Crippen molar-refractivity contribution in [3.05, 3.63) is 53.9 Å². The zero-order valence-electron chi connectivity index (χ0n) is 18.3. The van der Waals surface area contributed by atoms with Crippen LogP contribution in [0.15, 0.2) is 47.9 Å². The molecule has 32 heavy (non-hydrogen) atoms. The summed E-state index contributed by atoms with van der Waals surface area (Å²) < 4.78 is 1.97. The van der Waals surface area contributed by atoms with E-state index in [-0.39, 0.29) is 11.7 Å². The average molecular weight is 447 g/mol. The summed E-state index contributed by atoms with van der Waals surface area (Å²) in [7, 11) is 0. The van der Waals surface area contributed by atoms with Gasteiger partial charge in [0, 0.05) is 18.0 Å². The lowest BCUT2D eigenvalue weighted by molar-refractivity contribution is -0.120. The molecule has 1 N–H and O–H groups in total. The van der Waals surface area contributed by atoms with Gasteiger partial charge in [0.1, 0.15) is 5.54 Å². The monoisotopic (exact) mass is 446 g/mol. The molecular formula is C24H26N6OS. The standard InChI is InChI=1S/C24H26N6OS/c1-17-6-7-20(14-18(17)2)30-22(19-8-12-26-13-9-19)28-29-23(30)32-15-21(31)27-24(16-25)10-4-3-5-11-24/h6-9,12-14H,3-5,10-11,15H2,1-2H3,(H,27,31).